The van der Waals surface area contributed by atoms with Crippen molar-refractivity contribution in [3.8, 4) is 0 Å². The number of rotatable bonds is 0. The molecule has 6 heteroatoms. The Hall–Kier alpha value is -1.59. The molecule has 0 fully saturated rings. The number of hydrogen-bond donors (Lipinski definition) is 0. The van der Waals surface area contributed by atoms with Crippen LogP contribution in [0.3, 0.4) is 0 Å². The normalized spacial score (nSPS) is 14.1. The smallest absolute Gasteiger partial charge is 0.342 e. The van der Waals surface area contributed by atoms with Crippen LogP contribution in [0.2, 0.25) is 0 Å². The second-order valence-corrected chi connectivity index (χ2v) is 2.69. The highest BCUT2D eigenvalue weighted by atomic mass is 19.2. The minimum Gasteiger partial charge on any atom is -0.457 e. The lowest BCUT2D eigenvalue weighted by molar-refractivity contribution is 0.0530. The molecular formula is C8H2F4O2. The first kappa shape index (κ1) is 8.98. The first-order chi connectivity index (χ1) is 6.54. The maximum atomic E-state index is 12.9. The molecule has 0 radical (unpaired) electrons. The maximum absolute atomic E-state index is 12.9. The van der Waals surface area contributed by atoms with Crippen LogP contribution in [0.1, 0.15) is 15.9 Å². The molecule has 0 unspecified atom stereocenters. The molecule has 2 rings (SSSR count). The molecule has 0 saturated carbocycles. The first-order valence-corrected chi connectivity index (χ1v) is 3.56. The summed E-state index contributed by atoms with van der Waals surface area (Å²) in [6.45, 7) is -0.575. The molecule has 0 aromatic heterocycles. The number of fused-ring (bicyclic) bond motifs is 1. The zero-order valence-electron chi connectivity index (χ0n) is 6.54. The molecule has 1 aliphatic heterocycles. The summed E-state index contributed by atoms with van der Waals surface area (Å²) in [4.78, 5) is 10.8. The number of cyclic esters (lactones) is 1. The molecule has 0 aliphatic carbocycles. The number of ether oxygens (including phenoxy) is 1. The SMILES string of the molecule is O=C1OCc2c(F)c(F)c(F)c(F)c21. The van der Waals surface area contributed by atoms with Gasteiger partial charge in [0.25, 0.3) is 0 Å². The fraction of sp³-hybridized carbons (Fsp3) is 0.125. The van der Waals surface area contributed by atoms with Crippen molar-refractivity contribution in [3.63, 3.8) is 0 Å². The summed E-state index contributed by atoms with van der Waals surface area (Å²) in [5.41, 5.74) is -1.44. The van der Waals surface area contributed by atoms with E-state index in [-0.39, 0.29) is 0 Å². The highest BCUT2D eigenvalue weighted by Gasteiger charge is 2.34. The molecule has 0 N–H and O–H groups in total. The van der Waals surface area contributed by atoms with Gasteiger partial charge >= 0.3 is 5.97 Å². The molecule has 2 nitrogen and oxygen atoms in total. The number of halogens is 4. The summed E-state index contributed by atoms with van der Waals surface area (Å²) in [6.07, 6.45) is 0. The highest BCUT2D eigenvalue weighted by molar-refractivity contribution is 5.93. The van der Waals surface area contributed by atoms with E-state index in [1.807, 2.05) is 0 Å². The van der Waals surface area contributed by atoms with Gasteiger partial charge in [0.05, 0.1) is 0 Å². The Morgan fingerprint density at radius 2 is 1.50 bits per heavy atom. The molecule has 0 bridgehead atoms. The zero-order chi connectivity index (χ0) is 10.5. The molecule has 1 aliphatic rings. The van der Waals surface area contributed by atoms with E-state index in [1.54, 1.807) is 0 Å². The number of benzene rings is 1. The van der Waals surface area contributed by atoms with Gasteiger partial charge in [-0.2, -0.15) is 0 Å². The van der Waals surface area contributed by atoms with Crippen LogP contribution in [0.5, 0.6) is 0 Å². The van der Waals surface area contributed by atoms with E-state index in [1.165, 1.54) is 0 Å². The van der Waals surface area contributed by atoms with E-state index in [0.717, 1.165) is 0 Å². The van der Waals surface area contributed by atoms with Crippen LogP contribution in [-0.2, 0) is 11.3 Å². The third-order valence-corrected chi connectivity index (χ3v) is 1.92. The van der Waals surface area contributed by atoms with Gasteiger partial charge < -0.3 is 4.74 Å². The molecular weight excluding hydrogens is 204 g/mol. The largest absolute Gasteiger partial charge is 0.457 e. The van der Waals surface area contributed by atoms with Gasteiger partial charge in [-0.05, 0) is 0 Å². The second-order valence-electron chi connectivity index (χ2n) is 2.69. The lowest BCUT2D eigenvalue weighted by Crippen LogP contribution is -2.06. The van der Waals surface area contributed by atoms with Gasteiger partial charge in [0.1, 0.15) is 12.2 Å². The summed E-state index contributed by atoms with van der Waals surface area (Å²) in [7, 11) is 0. The van der Waals surface area contributed by atoms with Crippen molar-refractivity contribution < 1.29 is 27.1 Å². The van der Waals surface area contributed by atoms with E-state index < -0.39 is 47.0 Å². The van der Waals surface area contributed by atoms with Crippen molar-refractivity contribution >= 4 is 5.97 Å². The van der Waals surface area contributed by atoms with E-state index in [4.69, 9.17) is 0 Å². The Bertz CT molecular complexity index is 442. The van der Waals surface area contributed by atoms with Crippen LogP contribution in [0.25, 0.3) is 0 Å². The molecule has 0 amide bonds. The number of carbonyl (C=O) groups is 1. The minimum absolute atomic E-state index is 0.575. The highest BCUT2D eigenvalue weighted by Crippen LogP contribution is 2.29. The lowest BCUT2D eigenvalue weighted by Gasteiger charge is -2.01. The molecule has 0 spiro atoms. The topological polar surface area (TPSA) is 26.3 Å². The van der Waals surface area contributed by atoms with Crippen molar-refractivity contribution in [2.24, 2.45) is 0 Å². The molecule has 74 valence electrons. The number of esters is 1. The van der Waals surface area contributed by atoms with Gasteiger partial charge in [0.15, 0.2) is 23.3 Å². The van der Waals surface area contributed by atoms with Crippen LogP contribution in [0.15, 0.2) is 0 Å². The van der Waals surface area contributed by atoms with Crippen LogP contribution < -0.4 is 0 Å². The van der Waals surface area contributed by atoms with E-state index in [9.17, 15) is 22.4 Å². The van der Waals surface area contributed by atoms with Gasteiger partial charge in [-0.25, -0.2) is 22.4 Å². The Morgan fingerprint density at radius 1 is 0.929 bits per heavy atom. The Labute approximate surface area is 75.1 Å². The molecule has 1 aromatic carbocycles. The summed E-state index contributed by atoms with van der Waals surface area (Å²) in [5, 5.41) is 0. The fourth-order valence-electron chi connectivity index (χ4n) is 1.24. The van der Waals surface area contributed by atoms with Crippen molar-refractivity contribution in [1.82, 2.24) is 0 Å². The molecule has 1 heterocycles. The van der Waals surface area contributed by atoms with Crippen molar-refractivity contribution in [3.05, 3.63) is 34.4 Å². The predicted octanol–water partition coefficient (Wildman–Crippen LogP) is 1.91. The van der Waals surface area contributed by atoms with Crippen LogP contribution >= 0.6 is 0 Å². The summed E-state index contributed by atoms with van der Waals surface area (Å²) in [6, 6.07) is 0. The van der Waals surface area contributed by atoms with Gasteiger partial charge in [0, 0.05) is 5.56 Å². The third kappa shape index (κ3) is 0.934. The average Bonchev–Trinajstić information content (AvgIpc) is 2.54. The summed E-state index contributed by atoms with van der Waals surface area (Å²) in [5.74, 6) is -8.40. The van der Waals surface area contributed by atoms with Crippen molar-refractivity contribution in [2.45, 2.75) is 6.61 Å². The lowest BCUT2D eigenvalue weighted by atomic mass is 10.1. The molecule has 14 heavy (non-hydrogen) atoms. The zero-order valence-corrected chi connectivity index (χ0v) is 6.54. The summed E-state index contributed by atoms with van der Waals surface area (Å²) < 4.78 is 55.3. The third-order valence-electron chi connectivity index (χ3n) is 1.92. The van der Waals surface area contributed by atoms with Crippen molar-refractivity contribution in [1.29, 1.82) is 0 Å². The standard InChI is InChI=1S/C8H2F4O2/c9-4-2-1-14-8(13)3(2)5(10)7(12)6(4)11/h1H2. The van der Waals surface area contributed by atoms with Gasteiger partial charge in [-0.1, -0.05) is 0 Å². The Kier molecular flexibility index (Phi) is 1.73. The maximum Gasteiger partial charge on any atom is 0.342 e. The molecule has 1 aromatic rings. The average molecular weight is 206 g/mol. The van der Waals surface area contributed by atoms with Crippen LogP contribution in [0, 0.1) is 23.3 Å². The number of carbonyl (C=O) groups excluding carboxylic acids is 1. The van der Waals surface area contributed by atoms with Crippen LogP contribution in [-0.4, -0.2) is 5.97 Å². The molecule has 0 atom stereocenters. The van der Waals surface area contributed by atoms with Gasteiger partial charge in [-0.3, -0.25) is 0 Å². The Balaban J connectivity index is 2.84. The van der Waals surface area contributed by atoms with Crippen molar-refractivity contribution in [2.75, 3.05) is 0 Å². The predicted molar refractivity (Wildman–Crippen MR) is 35.4 cm³/mol. The van der Waals surface area contributed by atoms with E-state index >= 15 is 0 Å². The summed E-state index contributed by atoms with van der Waals surface area (Å²) >= 11 is 0. The van der Waals surface area contributed by atoms with Gasteiger partial charge in [0.2, 0.25) is 0 Å². The fourth-order valence-corrected chi connectivity index (χ4v) is 1.24. The monoisotopic (exact) mass is 206 g/mol. The molecule has 0 saturated heterocycles. The number of hydrogen-bond acceptors (Lipinski definition) is 2. The second kappa shape index (κ2) is 2.70. The minimum atomic E-state index is -2.00. The van der Waals surface area contributed by atoms with E-state index in [2.05, 4.69) is 4.74 Å². The quantitative estimate of drug-likeness (QED) is 0.280. The van der Waals surface area contributed by atoms with E-state index in [0.29, 0.717) is 0 Å². The first-order valence-electron chi connectivity index (χ1n) is 3.56. The van der Waals surface area contributed by atoms with Crippen LogP contribution in [0.4, 0.5) is 17.6 Å². The Morgan fingerprint density at radius 3 is 2.14 bits per heavy atom. The van der Waals surface area contributed by atoms with Gasteiger partial charge in [-0.15, -0.1) is 0 Å².